The van der Waals surface area contributed by atoms with Crippen molar-refractivity contribution in [1.82, 2.24) is 10.2 Å². The van der Waals surface area contributed by atoms with Gasteiger partial charge in [0, 0.05) is 12.6 Å². The van der Waals surface area contributed by atoms with Crippen LogP contribution in [0.3, 0.4) is 0 Å². The van der Waals surface area contributed by atoms with Crippen molar-refractivity contribution in [2.75, 3.05) is 27.7 Å². The number of nitrogens with zero attached hydrogens (tertiary/aromatic N) is 1. The van der Waals surface area contributed by atoms with Crippen molar-refractivity contribution < 1.29 is 0 Å². The van der Waals surface area contributed by atoms with Crippen LogP contribution >= 0.6 is 0 Å². The number of hydrogen-bond acceptors (Lipinski definition) is 2. The van der Waals surface area contributed by atoms with Crippen molar-refractivity contribution in [2.45, 2.75) is 44.6 Å². The van der Waals surface area contributed by atoms with Crippen LogP contribution in [0.2, 0.25) is 0 Å². The Morgan fingerprint density at radius 2 is 2.00 bits per heavy atom. The zero-order valence-corrected chi connectivity index (χ0v) is 10.6. The van der Waals surface area contributed by atoms with Crippen LogP contribution in [0.4, 0.5) is 0 Å². The highest BCUT2D eigenvalue weighted by Crippen LogP contribution is 2.19. The van der Waals surface area contributed by atoms with Gasteiger partial charge in [-0.3, -0.25) is 0 Å². The highest BCUT2D eigenvalue weighted by atomic mass is 15.1. The van der Waals surface area contributed by atoms with Gasteiger partial charge in [0.25, 0.3) is 0 Å². The highest BCUT2D eigenvalue weighted by molar-refractivity contribution is 5.12. The minimum atomic E-state index is 0.554. The van der Waals surface area contributed by atoms with Gasteiger partial charge >= 0.3 is 0 Å². The molecule has 15 heavy (non-hydrogen) atoms. The third kappa shape index (κ3) is 4.80. The van der Waals surface area contributed by atoms with Gasteiger partial charge in [-0.25, -0.2) is 0 Å². The predicted molar refractivity (Wildman–Crippen MR) is 67.2 cm³/mol. The van der Waals surface area contributed by atoms with E-state index in [0.29, 0.717) is 6.04 Å². The highest BCUT2D eigenvalue weighted by Gasteiger charge is 2.13. The van der Waals surface area contributed by atoms with Gasteiger partial charge in [0.1, 0.15) is 0 Å². The van der Waals surface area contributed by atoms with Crippen LogP contribution in [0.5, 0.6) is 0 Å². The van der Waals surface area contributed by atoms with E-state index >= 15 is 0 Å². The molecule has 0 saturated carbocycles. The molecule has 0 fully saturated rings. The van der Waals surface area contributed by atoms with Crippen LogP contribution in [0.15, 0.2) is 11.6 Å². The Balaban J connectivity index is 2.54. The lowest BCUT2D eigenvalue weighted by molar-refractivity contribution is 0.363. The molecule has 1 N–H and O–H groups in total. The van der Waals surface area contributed by atoms with E-state index in [1.165, 1.54) is 38.5 Å². The number of hydrogen-bond donors (Lipinski definition) is 1. The molecule has 1 aliphatic carbocycles. The summed E-state index contributed by atoms with van der Waals surface area (Å²) in [6.07, 6.45) is 10.6. The van der Waals surface area contributed by atoms with Crippen LogP contribution in [0, 0.1) is 0 Å². The largest absolute Gasteiger partial charge is 0.312 e. The van der Waals surface area contributed by atoms with Crippen LogP contribution < -0.4 is 5.32 Å². The molecule has 2 nitrogen and oxygen atoms in total. The molecule has 0 saturated heterocycles. The molecule has 0 bridgehead atoms. The maximum Gasteiger partial charge on any atom is 0.0405 e. The SMILES string of the molecule is CNC(CN(C)C)C1=CCCCCCC1. The lowest BCUT2D eigenvalue weighted by Crippen LogP contribution is -2.37. The molecule has 0 aromatic carbocycles. The predicted octanol–water partition coefficient (Wildman–Crippen LogP) is 2.42. The molecule has 0 spiro atoms. The van der Waals surface area contributed by atoms with E-state index in [1.54, 1.807) is 5.57 Å². The lowest BCUT2D eigenvalue weighted by Gasteiger charge is -2.24. The van der Waals surface area contributed by atoms with Crippen LogP contribution in [-0.4, -0.2) is 38.6 Å². The Morgan fingerprint density at radius 1 is 1.27 bits per heavy atom. The van der Waals surface area contributed by atoms with E-state index in [2.05, 4.69) is 37.4 Å². The zero-order valence-electron chi connectivity index (χ0n) is 10.6. The summed E-state index contributed by atoms with van der Waals surface area (Å²) in [7, 11) is 6.37. The van der Waals surface area contributed by atoms with E-state index in [0.717, 1.165) is 6.54 Å². The third-order valence-electron chi connectivity index (χ3n) is 3.17. The average Bonchev–Trinajstić information content (AvgIpc) is 2.14. The first kappa shape index (κ1) is 12.7. The Labute approximate surface area is 94.7 Å². The van der Waals surface area contributed by atoms with Gasteiger partial charge in [-0.15, -0.1) is 0 Å². The van der Waals surface area contributed by atoms with Gasteiger partial charge in [0.2, 0.25) is 0 Å². The maximum atomic E-state index is 3.44. The fraction of sp³-hybridized carbons (Fsp3) is 0.846. The zero-order chi connectivity index (χ0) is 11.1. The molecule has 88 valence electrons. The molecule has 1 atom stereocenters. The summed E-state index contributed by atoms with van der Waals surface area (Å²) >= 11 is 0. The average molecular weight is 210 g/mol. The second-order valence-electron chi connectivity index (χ2n) is 4.84. The van der Waals surface area contributed by atoms with Crippen LogP contribution in [-0.2, 0) is 0 Å². The van der Waals surface area contributed by atoms with Crippen LogP contribution in [0.1, 0.15) is 38.5 Å². The Morgan fingerprint density at radius 3 is 2.67 bits per heavy atom. The van der Waals surface area contributed by atoms with E-state index in [9.17, 15) is 0 Å². The van der Waals surface area contributed by atoms with Crippen molar-refractivity contribution >= 4 is 0 Å². The summed E-state index contributed by atoms with van der Waals surface area (Å²) in [6, 6.07) is 0.554. The molecule has 0 radical (unpaired) electrons. The summed E-state index contributed by atoms with van der Waals surface area (Å²) in [5.74, 6) is 0. The van der Waals surface area contributed by atoms with Crippen molar-refractivity contribution in [3.63, 3.8) is 0 Å². The minimum Gasteiger partial charge on any atom is -0.312 e. The fourth-order valence-corrected chi connectivity index (χ4v) is 2.29. The van der Waals surface area contributed by atoms with E-state index in [-0.39, 0.29) is 0 Å². The van der Waals surface area contributed by atoms with E-state index in [4.69, 9.17) is 0 Å². The van der Waals surface area contributed by atoms with Crippen molar-refractivity contribution in [1.29, 1.82) is 0 Å². The first-order valence-corrected chi connectivity index (χ1v) is 6.25. The summed E-state index contributed by atoms with van der Waals surface area (Å²) in [4.78, 5) is 2.26. The molecule has 0 heterocycles. The summed E-state index contributed by atoms with van der Waals surface area (Å²) in [5, 5.41) is 3.44. The Hall–Kier alpha value is -0.340. The van der Waals surface area contributed by atoms with Crippen molar-refractivity contribution in [3.05, 3.63) is 11.6 Å². The van der Waals surface area contributed by atoms with Gasteiger partial charge in [0.05, 0.1) is 0 Å². The molecule has 0 aromatic rings. The Kier molecular flexibility index (Phi) is 5.96. The van der Waals surface area contributed by atoms with Crippen molar-refractivity contribution in [2.24, 2.45) is 0 Å². The van der Waals surface area contributed by atoms with Crippen LogP contribution in [0.25, 0.3) is 0 Å². The summed E-state index contributed by atoms with van der Waals surface area (Å²) < 4.78 is 0. The second kappa shape index (κ2) is 7.02. The first-order chi connectivity index (χ1) is 7.24. The smallest absolute Gasteiger partial charge is 0.0405 e. The summed E-state index contributed by atoms with van der Waals surface area (Å²) in [6.45, 7) is 1.11. The number of nitrogens with one attached hydrogen (secondary N) is 1. The van der Waals surface area contributed by atoms with E-state index in [1.807, 2.05) is 0 Å². The quantitative estimate of drug-likeness (QED) is 0.717. The standard InChI is InChI=1S/C13H26N2/c1-14-13(11-15(2)3)12-9-7-5-4-6-8-10-12/h9,13-14H,4-8,10-11H2,1-3H3. The molecular weight excluding hydrogens is 184 g/mol. The maximum absolute atomic E-state index is 3.44. The molecule has 1 rings (SSSR count). The first-order valence-electron chi connectivity index (χ1n) is 6.25. The molecular formula is C13H26N2. The van der Waals surface area contributed by atoms with Gasteiger partial charge in [0.15, 0.2) is 0 Å². The molecule has 0 amide bonds. The molecule has 0 aromatic heterocycles. The fourth-order valence-electron chi connectivity index (χ4n) is 2.29. The summed E-state index contributed by atoms with van der Waals surface area (Å²) in [5.41, 5.74) is 1.63. The topological polar surface area (TPSA) is 15.3 Å². The molecule has 0 aliphatic heterocycles. The van der Waals surface area contributed by atoms with Gasteiger partial charge in [-0.05, 0) is 46.8 Å². The minimum absolute atomic E-state index is 0.554. The second-order valence-corrected chi connectivity index (χ2v) is 4.84. The number of allylic oxidation sites excluding steroid dienone is 1. The Bertz CT molecular complexity index is 197. The molecule has 1 aliphatic rings. The normalized spacial score (nSPS) is 20.7. The van der Waals surface area contributed by atoms with E-state index < -0.39 is 0 Å². The molecule has 1 unspecified atom stereocenters. The molecule has 2 heteroatoms. The third-order valence-corrected chi connectivity index (χ3v) is 3.17. The van der Waals surface area contributed by atoms with Gasteiger partial charge in [-0.2, -0.15) is 0 Å². The van der Waals surface area contributed by atoms with Crippen molar-refractivity contribution in [3.8, 4) is 0 Å². The number of rotatable bonds is 4. The van der Waals surface area contributed by atoms with Gasteiger partial charge < -0.3 is 10.2 Å². The lowest BCUT2D eigenvalue weighted by atomic mass is 9.95. The van der Waals surface area contributed by atoms with Gasteiger partial charge in [-0.1, -0.05) is 24.5 Å². The monoisotopic (exact) mass is 210 g/mol. The number of likely N-dealkylation sites (N-methyl/N-ethyl adjacent to an activating group) is 2.